The van der Waals surface area contributed by atoms with Crippen molar-refractivity contribution in [2.45, 2.75) is 85.0 Å². The van der Waals surface area contributed by atoms with Crippen LogP contribution in [-0.4, -0.2) is 68.3 Å². The molecule has 1 fully saturated rings. The smallest absolute Gasteiger partial charge is 0.343 e. The monoisotopic (exact) mass is 579 g/mol. The van der Waals surface area contributed by atoms with Crippen LogP contribution in [0.25, 0.3) is 6.08 Å². The van der Waals surface area contributed by atoms with Crippen LogP contribution in [-0.2, 0) is 22.6 Å². The van der Waals surface area contributed by atoms with E-state index in [-0.39, 0.29) is 24.0 Å². The van der Waals surface area contributed by atoms with Crippen LogP contribution < -0.4 is 4.74 Å². The van der Waals surface area contributed by atoms with Crippen molar-refractivity contribution in [3.05, 3.63) is 35.4 Å². The number of hydrogen-bond donors (Lipinski definition) is 0. The minimum Gasteiger partial charge on any atom is -0.493 e. The Kier molecular flexibility index (Phi) is 12.0. The second-order valence-corrected chi connectivity index (χ2v) is 25.1. The first-order valence-electron chi connectivity index (χ1n) is 13.9. The van der Waals surface area contributed by atoms with Crippen molar-refractivity contribution in [2.75, 3.05) is 26.3 Å². The quantitative estimate of drug-likeness (QED) is 0.0881. The van der Waals surface area contributed by atoms with E-state index in [9.17, 15) is 9.59 Å². The van der Waals surface area contributed by atoms with Gasteiger partial charge in [-0.05, 0) is 108 Å². The van der Waals surface area contributed by atoms with Gasteiger partial charge in [0.15, 0.2) is 16.6 Å². The number of carbonyl (C=O) groups is 2. The summed E-state index contributed by atoms with van der Waals surface area (Å²) in [5.41, 5.74) is 0.830. The highest BCUT2D eigenvalue weighted by Crippen LogP contribution is 2.28. The third-order valence-electron chi connectivity index (χ3n) is 5.86. The summed E-state index contributed by atoms with van der Waals surface area (Å²) >= 11 is 0. The second kappa shape index (κ2) is 14.1. The number of esters is 1. The summed E-state index contributed by atoms with van der Waals surface area (Å²) in [6, 6.07) is 8.36. The molecule has 38 heavy (non-hydrogen) atoms. The number of likely N-dealkylation sites (tertiary alicyclic amines) is 1. The van der Waals surface area contributed by atoms with Crippen LogP contribution in [0.4, 0.5) is 0 Å². The Morgan fingerprint density at radius 3 is 1.97 bits per heavy atom. The fraction of sp³-hybridized carbons (Fsp3) is 0.643. The summed E-state index contributed by atoms with van der Waals surface area (Å²) in [7, 11) is -5.83. The zero-order chi connectivity index (χ0) is 28.6. The normalized spacial score (nSPS) is 16.2. The maximum atomic E-state index is 13.1. The molecule has 1 aromatic rings. The van der Waals surface area contributed by atoms with Gasteiger partial charge in [-0.2, -0.15) is 0 Å². The molecule has 1 saturated heterocycles. The summed E-state index contributed by atoms with van der Waals surface area (Å²) in [4.78, 5) is 27.4. The summed E-state index contributed by atoms with van der Waals surface area (Å²) < 4.78 is 24.6. The van der Waals surface area contributed by atoms with E-state index in [0.717, 1.165) is 36.6 Å². The molecule has 1 aliphatic rings. The van der Waals surface area contributed by atoms with E-state index >= 15 is 0 Å². The van der Waals surface area contributed by atoms with E-state index in [1.54, 1.807) is 17.9 Å². The lowest BCUT2D eigenvalue weighted by Crippen LogP contribution is -2.53. The molecule has 0 aliphatic carbocycles. The highest BCUT2D eigenvalue weighted by atomic mass is 28.5. The minimum atomic E-state index is -2.34. The molecule has 0 bridgehead atoms. The van der Waals surface area contributed by atoms with Gasteiger partial charge in [0, 0.05) is 13.1 Å². The van der Waals surface area contributed by atoms with Crippen LogP contribution in [0.3, 0.4) is 0 Å². The molecule has 1 amide bonds. The molecule has 1 heterocycles. The van der Waals surface area contributed by atoms with Gasteiger partial charge in [0.2, 0.25) is 0 Å². The number of nitrogens with zero attached hydrogens (tertiary/aromatic N) is 1. The molecule has 1 unspecified atom stereocenters. The fourth-order valence-electron chi connectivity index (χ4n) is 4.84. The highest BCUT2D eigenvalue weighted by Gasteiger charge is 2.41. The van der Waals surface area contributed by atoms with E-state index in [4.69, 9.17) is 17.7 Å². The Hall–Kier alpha value is -1.73. The standard InChI is InChI=1S/C28H49NO6Si3/c1-10-32-28(31)26(27(30)29-18-12-11-13-19-29)20-24-14-16-25(17-15-24)33-21-23(2)22-38(9,34-36(3,4)5)35-37(6,7)8/h14-17,20,23H,10-13,18-19,21-22H2,1-9H3. The van der Waals surface area contributed by atoms with E-state index in [2.05, 4.69) is 52.8 Å². The molecular formula is C28H49NO6Si3. The summed E-state index contributed by atoms with van der Waals surface area (Å²) in [6.07, 6.45) is 4.66. The number of benzene rings is 1. The van der Waals surface area contributed by atoms with E-state index < -0.39 is 31.2 Å². The van der Waals surface area contributed by atoms with Crippen molar-refractivity contribution < 1.29 is 27.3 Å². The molecule has 0 saturated carbocycles. The highest BCUT2D eigenvalue weighted by molar-refractivity contribution is 6.87. The largest absolute Gasteiger partial charge is 0.493 e. The third kappa shape index (κ3) is 11.6. The molecule has 10 heteroatoms. The van der Waals surface area contributed by atoms with Gasteiger partial charge < -0.3 is 22.6 Å². The molecule has 1 aliphatic heterocycles. The lowest BCUT2D eigenvalue weighted by Gasteiger charge is -2.39. The number of piperidine rings is 1. The molecule has 1 aromatic carbocycles. The Morgan fingerprint density at radius 1 is 0.921 bits per heavy atom. The second-order valence-electron chi connectivity index (χ2n) is 12.4. The number of carbonyl (C=O) groups excluding carboxylic acids is 2. The van der Waals surface area contributed by atoms with Crippen LogP contribution in [0.2, 0.25) is 51.9 Å². The van der Waals surface area contributed by atoms with Gasteiger partial charge in [0.1, 0.15) is 11.3 Å². The molecule has 2 rings (SSSR count). The number of amides is 1. The lowest BCUT2D eigenvalue weighted by atomic mass is 10.1. The Morgan fingerprint density at radius 2 is 1.47 bits per heavy atom. The number of ether oxygens (including phenoxy) is 2. The Balaban J connectivity index is 2.07. The van der Waals surface area contributed by atoms with Crippen LogP contribution >= 0.6 is 0 Å². The zero-order valence-electron chi connectivity index (χ0n) is 25.0. The summed E-state index contributed by atoms with van der Waals surface area (Å²) in [5.74, 6) is 0.183. The maximum absolute atomic E-state index is 13.1. The first kappa shape index (κ1) is 32.5. The van der Waals surface area contributed by atoms with Gasteiger partial charge in [-0.25, -0.2) is 4.79 Å². The van der Waals surface area contributed by atoms with Crippen molar-refractivity contribution in [2.24, 2.45) is 5.92 Å². The van der Waals surface area contributed by atoms with Crippen molar-refractivity contribution in [3.8, 4) is 5.75 Å². The molecule has 1 atom stereocenters. The van der Waals surface area contributed by atoms with Crippen molar-refractivity contribution >= 4 is 43.1 Å². The molecule has 0 spiro atoms. The third-order valence-corrected chi connectivity index (χ3v) is 15.6. The summed E-state index contributed by atoms with van der Waals surface area (Å²) in [5, 5.41) is 0. The predicted octanol–water partition coefficient (Wildman–Crippen LogP) is 6.44. The SMILES string of the molecule is CCOC(=O)C(=Cc1ccc(OCC(C)C[Si](C)(O[Si](C)(C)C)O[Si](C)(C)C)cc1)C(=O)N1CCCCC1. The zero-order valence-corrected chi connectivity index (χ0v) is 28.0. The number of rotatable bonds is 13. The van der Waals surface area contributed by atoms with E-state index in [1.165, 1.54) is 0 Å². The Labute approximate surface area is 233 Å². The average molecular weight is 580 g/mol. The van der Waals surface area contributed by atoms with Crippen molar-refractivity contribution in [1.82, 2.24) is 4.90 Å². The molecule has 0 radical (unpaired) electrons. The van der Waals surface area contributed by atoms with Crippen molar-refractivity contribution in [1.29, 1.82) is 0 Å². The topological polar surface area (TPSA) is 74.3 Å². The lowest BCUT2D eigenvalue weighted by molar-refractivity contribution is -0.142. The molecule has 0 aromatic heterocycles. The minimum absolute atomic E-state index is 0.0742. The van der Waals surface area contributed by atoms with Crippen LogP contribution in [0, 0.1) is 5.92 Å². The van der Waals surface area contributed by atoms with Gasteiger partial charge >= 0.3 is 14.5 Å². The van der Waals surface area contributed by atoms with Gasteiger partial charge in [0.25, 0.3) is 5.91 Å². The van der Waals surface area contributed by atoms with Crippen LogP contribution in [0.15, 0.2) is 29.8 Å². The van der Waals surface area contributed by atoms with Gasteiger partial charge in [-0.1, -0.05) is 19.1 Å². The molecule has 7 nitrogen and oxygen atoms in total. The first-order chi connectivity index (χ1) is 17.6. The molecule has 0 N–H and O–H groups in total. The van der Waals surface area contributed by atoms with E-state index in [0.29, 0.717) is 19.7 Å². The number of hydrogen-bond acceptors (Lipinski definition) is 6. The average Bonchev–Trinajstić information content (AvgIpc) is 2.79. The van der Waals surface area contributed by atoms with Crippen molar-refractivity contribution in [3.63, 3.8) is 0 Å². The van der Waals surface area contributed by atoms with Crippen LogP contribution in [0.5, 0.6) is 5.75 Å². The van der Waals surface area contributed by atoms with Gasteiger partial charge in [-0.15, -0.1) is 0 Å². The predicted molar refractivity (Wildman–Crippen MR) is 161 cm³/mol. The maximum Gasteiger partial charge on any atom is 0.343 e. The van der Waals surface area contributed by atoms with Gasteiger partial charge in [0.05, 0.1) is 13.2 Å². The Bertz CT molecular complexity index is 931. The summed E-state index contributed by atoms with van der Waals surface area (Å²) in [6.45, 7) is 21.6. The first-order valence-corrected chi connectivity index (χ1v) is 23.3. The van der Waals surface area contributed by atoms with E-state index in [1.807, 2.05) is 24.3 Å². The van der Waals surface area contributed by atoms with Gasteiger partial charge in [-0.3, -0.25) is 4.79 Å². The molecular weight excluding hydrogens is 531 g/mol. The fourth-order valence-corrected chi connectivity index (χ4v) is 17.8. The molecule has 214 valence electrons. The van der Waals surface area contributed by atoms with Crippen LogP contribution in [0.1, 0.15) is 38.7 Å².